The fourth-order valence-corrected chi connectivity index (χ4v) is 2.43. The highest BCUT2D eigenvalue weighted by Crippen LogP contribution is 2.30. The van der Waals surface area contributed by atoms with Gasteiger partial charge in [-0.1, -0.05) is 23.9 Å². The molecule has 0 amide bonds. The second-order valence-corrected chi connectivity index (χ2v) is 4.81. The molecule has 100 valence electrons. The van der Waals surface area contributed by atoms with Crippen LogP contribution in [0.2, 0.25) is 0 Å². The Bertz CT molecular complexity index is 595. The first-order valence-corrected chi connectivity index (χ1v) is 6.61. The van der Waals surface area contributed by atoms with Crippen molar-refractivity contribution in [3.63, 3.8) is 0 Å². The van der Waals surface area contributed by atoms with Gasteiger partial charge in [0.05, 0.1) is 24.8 Å². The summed E-state index contributed by atoms with van der Waals surface area (Å²) in [5, 5.41) is 10.5. The highest BCUT2D eigenvalue weighted by molar-refractivity contribution is 7.99. The van der Waals surface area contributed by atoms with E-state index in [0.29, 0.717) is 10.7 Å². The van der Waals surface area contributed by atoms with Crippen LogP contribution in [0.1, 0.15) is 0 Å². The lowest BCUT2D eigenvalue weighted by molar-refractivity contribution is -0.137. The first-order chi connectivity index (χ1) is 9.13. The number of hydrogen-bond donors (Lipinski definition) is 1. The molecule has 2 aromatic rings. The number of esters is 1. The average Bonchev–Trinajstić information content (AvgIpc) is 2.78. The Morgan fingerprint density at radius 3 is 2.89 bits per heavy atom. The first kappa shape index (κ1) is 13.5. The molecule has 6 heteroatoms. The number of phenolic OH excluding ortho intramolecular Hbond substituents is 1. The Morgan fingerprint density at radius 1 is 1.47 bits per heavy atom. The third kappa shape index (κ3) is 2.90. The standard InChI is InChI=1S/C13H14N2O3S/c1-15-10(9-5-3-4-6-11(9)16)7-14-13(15)19-8-12(17)18-2/h3-7,16H,8H2,1-2H3. The number of phenols is 1. The van der Waals surface area contributed by atoms with E-state index < -0.39 is 0 Å². The molecule has 1 aromatic heterocycles. The number of benzene rings is 1. The predicted octanol–water partition coefficient (Wildman–Crippen LogP) is 2.06. The number of ether oxygens (including phenoxy) is 1. The zero-order valence-corrected chi connectivity index (χ0v) is 11.5. The molecule has 5 nitrogen and oxygen atoms in total. The van der Waals surface area contributed by atoms with Gasteiger partial charge in [0.15, 0.2) is 5.16 Å². The number of carbonyl (C=O) groups excluding carboxylic acids is 1. The van der Waals surface area contributed by atoms with Crippen molar-refractivity contribution in [3.8, 4) is 17.0 Å². The molecule has 2 rings (SSSR count). The Morgan fingerprint density at radius 2 is 2.21 bits per heavy atom. The molecular weight excluding hydrogens is 264 g/mol. The third-order valence-corrected chi connectivity index (χ3v) is 3.69. The first-order valence-electron chi connectivity index (χ1n) is 5.63. The summed E-state index contributed by atoms with van der Waals surface area (Å²) >= 11 is 1.30. The van der Waals surface area contributed by atoms with Crippen molar-refractivity contribution >= 4 is 17.7 Å². The molecule has 0 saturated heterocycles. The van der Waals surface area contributed by atoms with Crippen LogP contribution >= 0.6 is 11.8 Å². The predicted molar refractivity (Wildman–Crippen MR) is 73.0 cm³/mol. The van der Waals surface area contributed by atoms with Crippen LogP contribution in [0.4, 0.5) is 0 Å². The van der Waals surface area contributed by atoms with Crippen molar-refractivity contribution < 1.29 is 14.6 Å². The normalized spacial score (nSPS) is 10.4. The maximum Gasteiger partial charge on any atom is 0.316 e. The van der Waals surface area contributed by atoms with Crippen LogP contribution in [0.15, 0.2) is 35.6 Å². The van der Waals surface area contributed by atoms with Crippen molar-refractivity contribution in [2.75, 3.05) is 12.9 Å². The molecule has 0 spiro atoms. The molecule has 0 unspecified atom stereocenters. The zero-order valence-electron chi connectivity index (χ0n) is 10.7. The smallest absolute Gasteiger partial charge is 0.316 e. The van der Waals surface area contributed by atoms with Gasteiger partial charge >= 0.3 is 5.97 Å². The van der Waals surface area contributed by atoms with Gasteiger partial charge in [-0.05, 0) is 12.1 Å². The number of para-hydroxylation sites is 1. The minimum absolute atomic E-state index is 0.204. The van der Waals surface area contributed by atoms with Gasteiger partial charge in [-0.2, -0.15) is 0 Å². The number of imidazole rings is 1. The molecule has 19 heavy (non-hydrogen) atoms. The Hall–Kier alpha value is -1.95. The van der Waals surface area contributed by atoms with E-state index in [1.165, 1.54) is 18.9 Å². The number of hydrogen-bond acceptors (Lipinski definition) is 5. The summed E-state index contributed by atoms with van der Waals surface area (Å²) in [6.07, 6.45) is 1.68. The van der Waals surface area contributed by atoms with E-state index in [4.69, 9.17) is 0 Å². The lowest BCUT2D eigenvalue weighted by Gasteiger charge is -2.06. The number of thioether (sulfide) groups is 1. The van der Waals surface area contributed by atoms with Crippen LogP contribution in [-0.2, 0) is 16.6 Å². The van der Waals surface area contributed by atoms with E-state index in [0.717, 1.165) is 5.69 Å². The van der Waals surface area contributed by atoms with E-state index in [-0.39, 0.29) is 17.5 Å². The fraction of sp³-hybridized carbons (Fsp3) is 0.231. The van der Waals surface area contributed by atoms with Crippen molar-refractivity contribution in [1.82, 2.24) is 9.55 Å². The maximum absolute atomic E-state index is 11.1. The van der Waals surface area contributed by atoms with Crippen LogP contribution in [0.5, 0.6) is 5.75 Å². The second kappa shape index (κ2) is 5.79. The van der Waals surface area contributed by atoms with Crippen molar-refractivity contribution in [3.05, 3.63) is 30.5 Å². The summed E-state index contributed by atoms with van der Waals surface area (Å²) in [4.78, 5) is 15.4. The van der Waals surface area contributed by atoms with Gasteiger partial charge < -0.3 is 14.4 Å². The van der Waals surface area contributed by atoms with Gasteiger partial charge in [0.25, 0.3) is 0 Å². The largest absolute Gasteiger partial charge is 0.507 e. The summed E-state index contributed by atoms with van der Waals surface area (Å²) in [6.45, 7) is 0. The molecule has 0 aliphatic heterocycles. The quantitative estimate of drug-likeness (QED) is 0.685. The van der Waals surface area contributed by atoms with E-state index in [2.05, 4.69) is 9.72 Å². The monoisotopic (exact) mass is 278 g/mol. The summed E-state index contributed by atoms with van der Waals surface area (Å²) in [6, 6.07) is 7.07. The van der Waals surface area contributed by atoms with Crippen LogP contribution in [0, 0.1) is 0 Å². The molecule has 0 saturated carbocycles. The van der Waals surface area contributed by atoms with Crippen LogP contribution in [0.3, 0.4) is 0 Å². The number of carbonyl (C=O) groups is 1. The molecule has 0 aliphatic carbocycles. The van der Waals surface area contributed by atoms with E-state index in [9.17, 15) is 9.90 Å². The number of rotatable bonds is 4. The minimum Gasteiger partial charge on any atom is -0.507 e. The van der Waals surface area contributed by atoms with Gasteiger partial charge in [-0.25, -0.2) is 4.98 Å². The molecule has 0 bridgehead atoms. The van der Waals surface area contributed by atoms with Crippen LogP contribution in [0.25, 0.3) is 11.3 Å². The van der Waals surface area contributed by atoms with Crippen molar-refractivity contribution in [2.45, 2.75) is 5.16 Å². The Balaban J connectivity index is 2.24. The topological polar surface area (TPSA) is 64.3 Å². The maximum atomic E-state index is 11.1. The van der Waals surface area contributed by atoms with Gasteiger partial charge in [0.2, 0.25) is 0 Å². The number of aromatic nitrogens is 2. The molecule has 0 fully saturated rings. The lowest BCUT2D eigenvalue weighted by atomic mass is 10.1. The number of nitrogens with zero attached hydrogens (tertiary/aromatic N) is 2. The molecule has 1 heterocycles. The van der Waals surface area contributed by atoms with Gasteiger partial charge in [-0.3, -0.25) is 4.79 Å². The van der Waals surface area contributed by atoms with Gasteiger partial charge in [0, 0.05) is 12.6 Å². The average molecular weight is 278 g/mol. The van der Waals surface area contributed by atoms with Crippen LogP contribution in [-0.4, -0.2) is 33.5 Å². The SMILES string of the molecule is COC(=O)CSc1ncc(-c2ccccc2O)n1C. The minimum atomic E-state index is -0.294. The van der Waals surface area contributed by atoms with E-state index in [1.54, 1.807) is 18.3 Å². The molecule has 1 aromatic carbocycles. The fourth-order valence-electron chi connectivity index (χ4n) is 1.65. The van der Waals surface area contributed by atoms with E-state index in [1.807, 2.05) is 23.7 Å². The summed E-state index contributed by atoms with van der Waals surface area (Å²) in [5.41, 5.74) is 1.51. The molecule has 1 N–H and O–H groups in total. The highest BCUT2D eigenvalue weighted by atomic mass is 32.2. The van der Waals surface area contributed by atoms with Crippen molar-refractivity contribution in [2.24, 2.45) is 7.05 Å². The van der Waals surface area contributed by atoms with Gasteiger partial charge in [-0.15, -0.1) is 0 Å². The zero-order chi connectivity index (χ0) is 13.8. The highest BCUT2D eigenvalue weighted by Gasteiger charge is 2.13. The third-order valence-electron chi connectivity index (χ3n) is 2.67. The second-order valence-electron chi connectivity index (χ2n) is 3.87. The molecule has 0 atom stereocenters. The molecular formula is C13H14N2O3S. The van der Waals surface area contributed by atoms with Crippen molar-refractivity contribution in [1.29, 1.82) is 0 Å². The van der Waals surface area contributed by atoms with E-state index >= 15 is 0 Å². The molecule has 0 radical (unpaired) electrons. The van der Waals surface area contributed by atoms with Crippen LogP contribution < -0.4 is 0 Å². The Kier molecular flexibility index (Phi) is 4.11. The summed E-state index contributed by atoms with van der Waals surface area (Å²) in [5.74, 6) is 0.119. The lowest BCUT2D eigenvalue weighted by Crippen LogP contribution is -2.04. The number of aromatic hydroxyl groups is 1. The Labute approximate surface area is 115 Å². The summed E-state index contributed by atoms with van der Waals surface area (Å²) in [7, 11) is 3.20. The summed E-state index contributed by atoms with van der Waals surface area (Å²) < 4.78 is 6.42. The van der Waals surface area contributed by atoms with Gasteiger partial charge in [0.1, 0.15) is 5.75 Å². The molecule has 0 aliphatic rings. The number of methoxy groups -OCH3 is 1.